The molecule has 0 N–H and O–H groups in total. The van der Waals surface area contributed by atoms with Gasteiger partial charge in [0.1, 0.15) is 6.04 Å². The molecule has 0 saturated heterocycles. The smallest absolute Gasteiger partial charge is 0.369 e. The van der Waals surface area contributed by atoms with E-state index in [0.717, 1.165) is 38.8 Å². The molecule has 242 valence electrons. The van der Waals surface area contributed by atoms with Gasteiger partial charge in [0, 0.05) is 6.42 Å². The van der Waals surface area contributed by atoms with Crippen LogP contribution < -0.4 is 0 Å². The average Bonchev–Trinajstić information content (AvgIpc) is 2.89. The van der Waals surface area contributed by atoms with Crippen molar-refractivity contribution in [2.24, 2.45) is 0 Å². The zero-order chi connectivity index (χ0) is 30.8. The summed E-state index contributed by atoms with van der Waals surface area (Å²) in [6.07, 6.45) is 25.5. The molecule has 7 heteroatoms. The molecule has 41 heavy (non-hydrogen) atoms. The Bertz CT molecular complexity index is 642. The summed E-state index contributed by atoms with van der Waals surface area (Å²) in [6, 6.07) is -0.619. The number of carbonyl (C=O) groups is 3. The van der Waals surface area contributed by atoms with Gasteiger partial charge in [-0.3, -0.25) is 9.69 Å². The Kier molecular flexibility index (Phi) is 26.0. The summed E-state index contributed by atoms with van der Waals surface area (Å²) in [5.74, 6) is -1.07. The maximum absolute atomic E-state index is 13.2. The van der Waals surface area contributed by atoms with Crippen LogP contribution in [0.3, 0.4) is 0 Å². The number of carbonyl (C=O) groups excluding carboxylic acids is 3. The number of likely N-dealkylation sites (N-methyl/N-ethyl adjacent to an activating group) is 1. The molecular weight excluding hydrogens is 536 g/mol. The van der Waals surface area contributed by atoms with Crippen LogP contribution in [0.25, 0.3) is 0 Å². The maximum Gasteiger partial charge on any atom is 0.369 e. The number of halogens is 1. The molecule has 0 amide bonds. The van der Waals surface area contributed by atoms with Gasteiger partial charge in [0.15, 0.2) is 6.54 Å². The predicted molar refractivity (Wildman–Crippen MR) is 173 cm³/mol. The molecule has 0 aliphatic heterocycles. The molecule has 0 aliphatic carbocycles. The Labute approximate surface area is 258 Å². The largest absolute Gasteiger partial charge is 0.388 e. The minimum absolute atomic E-state index is 0.0947. The van der Waals surface area contributed by atoms with Crippen molar-refractivity contribution >= 4 is 28.8 Å². The van der Waals surface area contributed by atoms with Gasteiger partial charge in [0.25, 0.3) is 0 Å². The van der Waals surface area contributed by atoms with E-state index >= 15 is 0 Å². The summed E-state index contributed by atoms with van der Waals surface area (Å²) in [5, 5.41) is -0.460. The van der Waals surface area contributed by atoms with E-state index in [2.05, 4.69) is 18.7 Å². The van der Waals surface area contributed by atoms with Gasteiger partial charge >= 0.3 is 11.9 Å². The third kappa shape index (κ3) is 26.4. The minimum atomic E-state index is -0.619. The third-order valence-electron chi connectivity index (χ3n) is 7.74. The highest BCUT2D eigenvalue weighted by Crippen LogP contribution is 2.17. The number of rotatable bonds is 29. The Balaban J connectivity index is 4.92. The quantitative estimate of drug-likeness (QED) is 0.0282. The first kappa shape index (κ1) is 40.0. The summed E-state index contributed by atoms with van der Waals surface area (Å²) in [4.78, 5) is 39.4. The van der Waals surface area contributed by atoms with E-state index in [1.807, 2.05) is 21.1 Å². The van der Waals surface area contributed by atoms with Crippen molar-refractivity contribution in [2.45, 2.75) is 161 Å². The van der Waals surface area contributed by atoms with E-state index in [1.54, 1.807) is 0 Å². The zero-order valence-corrected chi connectivity index (χ0v) is 28.4. The first-order valence-corrected chi connectivity index (χ1v) is 17.5. The number of unbranched alkanes of at least 4 members (excludes halogenated alkanes) is 18. The van der Waals surface area contributed by atoms with Crippen molar-refractivity contribution in [1.82, 2.24) is 4.90 Å². The van der Waals surface area contributed by atoms with Gasteiger partial charge < -0.3 is 9.22 Å². The van der Waals surface area contributed by atoms with Crippen molar-refractivity contribution in [3.05, 3.63) is 0 Å². The fourth-order valence-electron chi connectivity index (χ4n) is 5.33. The first-order chi connectivity index (χ1) is 19.6. The molecule has 0 heterocycles. The van der Waals surface area contributed by atoms with Crippen LogP contribution in [-0.2, 0) is 19.1 Å². The molecule has 0 radical (unpaired) electrons. The van der Waals surface area contributed by atoms with Gasteiger partial charge in [0.05, 0.1) is 21.1 Å². The highest BCUT2D eigenvalue weighted by Gasteiger charge is 2.30. The molecule has 0 bridgehead atoms. The SMILES string of the molecule is CCCCCCCCCCCCN(CCCCCCCCCCCC)[C@@H](CCC(=O)Cl)C(=O)OC(=O)C[N+](C)(C)C. The highest BCUT2D eigenvalue weighted by atomic mass is 35.5. The monoisotopic (exact) mass is 601 g/mol. The lowest BCUT2D eigenvalue weighted by atomic mass is 10.0. The Morgan fingerprint density at radius 2 is 1.00 bits per heavy atom. The fraction of sp³-hybridized carbons (Fsp3) is 0.912. The second-order valence-electron chi connectivity index (χ2n) is 13.1. The predicted octanol–water partition coefficient (Wildman–Crippen LogP) is 8.82. The van der Waals surface area contributed by atoms with Crippen LogP contribution in [0.2, 0.25) is 0 Å². The molecule has 1 atom stereocenters. The van der Waals surface area contributed by atoms with E-state index in [0.29, 0.717) is 4.48 Å². The van der Waals surface area contributed by atoms with Crippen LogP contribution in [0.5, 0.6) is 0 Å². The van der Waals surface area contributed by atoms with Crippen LogP contribution >= 0.6 is 11.6 Å². The Hall–Kier alpha value is -0.980. The molecule has 0 aromatic heterocycles. The second kappa shape index (κ2) is 26.6. The Morgan fingerprint density at radius 1 is 0.634 bits per heavy atom. The van der Waals surface area contributed by atoms with Crippen molar-refractivity contribution in [1.29, 1.82) is 0 Å². The van der Waals surface area contributed by atoms with E-state index in [4.69, 9.17) is 16.3 Å². The van der Waals surface area contributed by atoms with Gasteiger partial charge in [-0.05, 0) is 44.0 Å². The molecule has 0 saturated carbocycles. The number of nitrogens with zero attached hydrogens (tertiary/aromatic N) is 2. The summed E-state index contributed by atoms with van der Waals surface area (Å²) < 4.78 is 5.70. The molecule has 0 spiro atoms. The Morgan fingerprint density at radius 3 is 1.34 bits per heavy atom. The molecule has 6 nitrogen and oxygen atoms in total. The lowest BCUT2D eigenvalue weighted by molar-refractivity contribution is -0.862. The van der Waals surface area contributed by atoms with E-state index in [-0.39, 0.29) is 19.4 Å². The van der Waals surface area contributed by atoms with Crippen molar-refractivity contribution in [3.8, 4) is 0 Å². The van der Waals surface area contributed by atoms with Crippen molar-refractivity contribution in [3.63, 3.8) is 0 Å². The summed E-state index contributed by atoms with van der Waals surface area (Å²) >= 11 is 5.68. The molecule has 0 aromatic rings. The van der Waals surface area contributed by atoms with Crippen molar-refractivity contribution < 1.29 is 23.6 Å². The first-order valence-electron chi connectivity index (χ1n) is 17.1. The van der Waals surface area contributed by atoms with E-state index in [1.165, 1.54) is 103 Å². The van der Waals surface area contributed by atoms with Crippen LogP contribution in [0.1, 0.15) is 155 Å². The molecule has 0 aliphatic rings. The number of hydrogen-bond donors (Lipinski definition) is 0. The standard InChI is InChI=1S/C34H66ClN2O4/c1-6-8-10-12-14-16-18-20-22-24-28-36(29-25-23-21-19-17-15-13-11-9-7-2)31(26-27-32(35)38)34(40)41-33(39)30-37(3,4)5/h31H,6-30H2,1-5H3/q+1/t31-/m0/s1. The van der Waals surface area contributed by atoms with Gasteiger partial charge in [-0.15, -0.1) is 0 Å². The van der Waals surface area contributed by atoms with Gasteiger partial charge in [-0.1, -0.05) is 129 Å². The minimum Gasteiger partial charge on any atom is -0.388 e. The molecule has 0 aromatic carbocycles. The molecule has 0 unspecified atom stereocenters. The van der Waals surface area contributed by atoms with Crippen LogP contribution in [-0.4, -0.2) is 73.4 Å². The summed E-state index contributed by atoms with van der Waals surface area (Å²) in [7, 11) is 5.66. The van der Waals surface area contributed by atoms with Crippen LogP contribution in [0, 0.1) is 0 Å². The second-order valence-corrected chi connectivity index (χ2v) is 13.5. The normalized spacial score (nSPS) is 12.6. The van der Waals surface area contributed by atoms with Crippen LogP contribution in [0.15, 0.2) is 0 Å². The van der Waals surface area contributed by atoms with Crippen molar-refractivity contribution in [2.75, 3.05) is 40.8 Å². The zero-order valence-electron chi connectivity index (χ0n) is 27.7. The topological polar surface area (TPSA) is 63.7 Å². The number of esters is 2. The fourth-order valence-corrected chi connectivity index (χ4v) is 5.44. The van der Waals surface area contributed by atoms with Gasteiger partial charge in [-0.2, -0.15) is 0 Å². The molecular formula is C34H66ClN2O4+. The van der Waals surface area contributed by atoms with Gasteiger partial charge in [-0.25, -0.2) is 9.59 Å². The molecule has 0 fully saturated rings. The number of hydrogen-bond acceptors (Lipinski definition) is 5. The third-order valence-corrected chi connectivity index (χ3v) is 7.93. The summed E-state index contributed by atoms with van der Waals surface area (Å²) in [5.41, 5.74) is 0. The van der Waals surface area contributed by atoms with Crippen LogP contribution in [0.4, 0.5) is 0 Å². The number of quaternary nitrogens is 1. The summed E-state index contributed by atoms with van der Waals surface area (Å²) in [6.45, 7) is 6.16. The average molecular weight is 602 g/mol. The maximum atomic E-state index is 13.2. The molecule has 0 rings (SSSR count). The lowest BCUT2D eigenvalue weighted by Crippen LogP contribution is -2.46. The van der Waals surface area contributed by atoms with Gasteiger partial charge in [0.2, 0.25) is 5.24 Å². The highest BCUT2D eigenvalue weighted by molar-refractivity contribution is 6.63. The number of ether oxygens (including phenoxy) is 1. The van der Waals surface area contributed by atoms with E-state index in [9.17, 15) is 14.4 Å². The van der Waals surface area contributed by atoms with E-state index < -0.39 is 23.2 Å². The lowest BCUT2D eigenvalue weighted by Gasteiger charge is -2.30.